The predicted octanol–water partition coefficient (Wildman–Crippen LogP) is 4.35. The Labute approximate surface area is 114 Å². The summed E-state index contributed by atoms with van der Waals surface area (Å²) in [5.74, 6) is 0. The van der Waals surface area contributed by atoms with Crippen LogP contribution in [0, 0.1) is 0 Å². The molecule has 0 N–H and O–H groups in total. The lowest BCUT2D eigenvalue weighted by molar-refractivity contribution is 0.0843. The van der Waals surface area contributed by atoms with Crippen molar-refractivity contribution in [3.8, 4) is 11.1 Å². The molecule has 1 aliphatic rings. The molecular formula is C18H18O. The molecule has 19 heavy (non-hydrogen) atoms. The Balaban J connectivity index is 1.83. The van der Waals surface area contributed by atoms with Gasteiger partial charge in [-0.2, -0.15) is 0 Å². The summed E-state index contributed by atoms with van der Waals surface area (Å²) >= 11 is 0. The standard InChI is InChI=1S/C18H18O/c1-3-13(2)19-12-14-8-9-18-16(10-14)11-15-6-4-5-7-17(15)18/h3-10,13H,1,11-12H2,2H3/t13-/m1/s1. The van der Waals surface area contributed by atoms with Crippen molar-refractivity contribution in [1.82, 2.24) is 0 Å². The van der Waals surface area contributed by atoms with Gasteiger partial charge in [-0.05, 0) is 41.2 Å². The molecule has 2 aromatic carbocycles. The maximum Gasteiger partial charge on any atom is 0.0729 e. The predicted molar refractivity (Wildman–Crippen MR) is 79.1 cm³/mol. The summed E-state index contributed by atoms with van der Waals surface area (Å²) in [6.07, 6.45) is 2.96. The summed E-state index contributed by atoms with van der Waals surface area (Å²) in [6.45, 7) is 6.39. The van der Waals surface area contributed by atoms with Crippen molar-refractivity contribution in [1.29, 1.82) is 0 Å². The van der Waals surface area contributed by atoms with E-state index < -0.39 is 0 Å². The van der Waals surface area contributed by atoms with E-state index in [-0.39, 0.29) is 6.10 Å². The molecule has 0 spiro atoms. The van der Waals surface area contributed by atoms with Crippen LogP contribution in [0.15, 0.2) is 55.1 Å². The zero-order valence-corrected chi connectivity index (χ0v) is 11.2. The van der Waals surface area contributed by atoms with Crippen molar-refractivity contribution < 1.29 is 4.74 Å². The van der Waals surface area contributed by atoms with Crippen LogP contribution in [0.1, 0.15) is 23.6 Å². The molecule has 2 aromatic rings. The summed E-state index contributed by atoms with van der Waals surface area (Å²) < 4.78 is 5.70. The van der Waals surface area contributed by atoms with E-state index in [0.29, 0.717) is 6.61 Å². The summed E-state index contributed by atoms with van der Waals surface area (Å²) in [7, 11) is 0. The Bertz CT molecular complexity index is 613. The first-order valence-corrected chi connectivity index (χ1v) is 6.72. The van der Waals surface area contributed by atoms with E-state index in [9.17, 15) is 0 Å². The molecule has 0 aromatic heterocycles. The molecule has 1 heteroatoms. The number of hydrogen-bond acceptors (Lipinski definition) is 1. The van der Waals surface area contributed by atoms with Gasteiger partial charge < -0.3 is 4.74 Å². The molecule has 1 nitrogen and oxygen atoms in total. The van der Waals surface area contributed by atoms with Gasteiger partial charge in [0, 0.05) is 0 Å². The highest BCUT2D eigenvalue weighted by atomic mass is 16.5. The number of hydrogen-bond donors (Lipinski definition) is 0. The second-order valence-electron chi connectivity index (χ2n) is 5.08. The Morgan fingerprint density at radius 1 is 1.16 bits per heavy atom. The second-order valence-corrected chi connectivity index (χ2v) is 5.08. The Morgan fingerprint density at radius 3 is 2.79 bits per heavy atom. The van der Waals surface area contributed by atoms with Gasteiger partial charge in [0.2, 0.25) is 0 Å². The van der Waals surface area contributed by atoms with Crippen molar-refractivity contribution in [2.45, 2.75) is 26.1 Å². The second kappa shape index (κ2) is 5.02. The van der Waals surface area contributed by atoms with E-state index >= 15 is 0 Å². The lowest BCUT2D eigenvalue weighted by Crippen LogP contribution is -2.03. The molecule has 0 amide bonds. The number of rotatable bonds is 4. The molecule has 0 heterocycles. The lowest BCUT2D eigenvalue weighted by Gasteiger charge is -2.09. The van der Waals surface area contributed by atoms with Gasteiger partial charge >= 0.3 is 0 Å². The normalized spacial score (nSPS) is 13.7. The first-order chi connectivity index (χ1) is 9.28. The number of fused-ring (bicyclic) bond motifs is 3. The first kappa shape index (κ1) is 12.2. The van der Waals surface area contributed by atoms with Gasteiger partial charge in [0.1, 0.15) is 0 Å². The molecule has 0 radical (unpaired) electrons. The summed E-state index contributed by atoms with van der Waals surface area (Å²) in [5.41, 5.74) is 6.82. The maximum atomic E-state index is 5.70. The highest BCUT2D eigenvalue weighted by Crippen LogP contribution is 2.36. The van der Waals surface area contributed by atoms with Crippen molar-refractivity contribution >= 4 is 0 Å². The van der Waals surface area contributed by atoms with Gasteiger partial charge in [0.25, 0.3) is 0 Å². The van der Waals surface area contributed by atoms with E-state index in [1.807, 2.05) is 13.0 Å². The van der Waals surface area contributed by atoms with Gasteiger partial charge in [-0.15, -0.1) is 6.58 Å². The number of benzene rings is 2. The van der Waals surface area contributed by atoms with Crippen molar-refractivity contribution in [3.63, 3.8) is 0 Å². The molecule has 0 fully saturated rings. The van der Waals surface area contributed by atoms with Gasteiger partial charge in [0.05, 0.1) is 12.7 Å². The Hall–Kier alpha value is -1.86. The van der Waals surface area contributed by atoms with Crippen LogP contribution in [0.4, 0.5) is 0 Å². The quantitative estimate of drug-likeness (QED) is 0.625. The van der Waals surface area contributed by atoms with Gasteiger partial charge in [-0.1, -0.05) is 48.5 Å². The first-order valence-electron chi connectivity index (χ1n) is 6.72. The molecule has 96 valence electrons. The van der Waals surface area contributed by atoms with Crippen LogP contribution in [0.25, 0.3) is 11.1 Å². The fraction of sp³-hybridized carbons (Fsp3) is 0.222. The minimum Gasteiger partial charge on any atom is -0.370 e. The molecule has 3 rings (SSSR count). The van der Waals surface area contributed by atoms with Crippen LogP contribution >= 0.6 is 0 Å². The smallest absolute Gasteiger partial charge is 0.0729 e. The van der Waals surface area contributed by atoms with Crippen molar-refractivity contribution in [3.05, 3.63) is 71.8 Å². The average molecular weight is 250 g/mol. The zero-order chi connectivity index (χ0) is 13.2. The van der Waals surface area contributed by atoms with E-state index in [1.165, 1.54) is 27.8 Å². The third-order valence-electron chi connectivity index (χ3n) is 3.70. The SMILES string of the molecule is C=C[C@@H](C)OCc1ccc2c(c1)Cc1ccccc1-2. The largest absolute Gasteiger partial charge is 0.370 e. The average Bonchev–Trinajstić information content (AvgIpc) is 2.82. The Morgan fingerprint density at radius 2 is 1.95 bits per heavy atom. The maximum absolute atomic E-state index is 5.70. The van der Waals surface area contributed by atoms with E-state index in [2.05, 4.69) is 49.0 Å². The van der Waals surface area contributed by atoms with Crippen molar-refractivity contribution in [2.24, 2.45) is 0 Å². The third kappa shape index (κ3) is 2.34. The van der Waals surface area contributed by atoms with Crippen molar-refractivity contribution in [2.75, 3.05) is 0 Å². The van der Waals surface area contributed by atoms with Crippen LogP contribution in [0.5, 0.6) is 0 Å². The van der Waals surface area contributed by atoms with Crippen LogP contribution in [-0.4, -0.2) is 6.10 Å². The highest BCUT2D eigenvalue weighted by molar-refractivity contribution is 5.76. The van der Waals surface area contributed by atoms with Crippen LogP contribution < -0.4 is 0 Å². The summed E-state index contributed by atoms with van der Waals surface area (Å²) in [5, 5.41) is 0. The minimum absolute atomic E-state index is 0.102. The molecule has 0 bridgehead atoms. The summed E-state index contributed by atoms with van der Waals surface area (Å²) in [6, 6.07) is 15.3. The van der Waals surface area contributed by atoms with Gasteiger partial charge in [0.15, 0.2) is 0 Å². The Kier molecular flexibility index (Phi) is 3.22. The molecule has 0 saturated heterocycles. The number of ether oxygens (including phenoxy) is 1. The molecule has 1 aliphatic carbocycles. The molecular weight excluding hydrogens is 232 g/mol. The summed E-state index contributed by atoms with van der Waals surface area (Å²) in [4.78, 5) is 0. The van der Waals surface area contributed by atoms with E-state index in [4.69, 9.17) is 4.74 Å². The fourth-order valence-electron chi connectivity index (χ4n) is 2.58. The highest BCUT2D eigenvalue weighted by Gasteiger charge is 2.17. The van der Waals surface area contributed by atoms with Crippen LogP contribution in [-0.2, 0) is 17.8 Å². The lowest BCUT2D eigenvalue weighted by atomic mass is 10.0. The molecule has 0 saturated carbocycles. The molecule has 1 atom stereocenters. The molecule has 0 aliphatic heterocycles. The topological polar surface area (TPSA) is 9.23 Å². The minimum atomic E-state index is 0.102. The van der Waals surface area contributed by atoms with Crippen LogP contribution in [0.3, 0.4) is 0 Å². The van der Waals surface area contributed by atoms with E-state index in [0.717, 1.165) is 6.42 Å². The monoisotopic (exact) mass is 250 g/mol. The van der Waals surface area contributed by atoms with Gasteiger partial charge in [-0.25, -0.2) is 0 Å². The van der Waals surface area contributed by atoms with E-state index in [1.54, 1.807) is 0 Å². The fourth-order valence-corrected chi connectivity index (χ4v) is 2.58. The third-order valence-corrected chi connectivity index (χ3v) is 3.70. The molecule has 0 unspecified atom stereocenters. The zero-order valence-electron chi connectivity index (χ0n) is 11.2. The van der Waals surface area contributed by atoms with Gasteiger partial charge in [-0.3, -0.25) is 0 Å². The van der Waals surface area contributed by atoms with Crippen LogP contribution in [0.2, 0.25) is 0 Å².